The quantitative estimate of drug-likeness (QED) is 0.876. The molecule has 2 rings (SSSR count). The highest BCUT2D eigenvalue weighted by atomic mass is 16.5. The third kappa shape index (κ3) is 3.75. The van der Waals surface area contributed by atoms with Gasteiger partial charge in [-0.05, 0) is 30.2 Å². The van der Waals surface area contributed by atoms with Crippen LogP contribution in [0.1, 0.15) is 24.2 Å². The summed E-state index contributed by atoms with van der Waals surface area (Å²) in [5.41, 5.74) is 2.06. The molecule has 0 radical (unpaired) electrons. The molecule has 106 valence electrons. The van der Waals surface area contributed by atoms with Crippen LogP contribution >= 0.6 is 0 Å². The number of rotatable bonds is 6. The molecule has 1 unspecified atom stereocenters. The van der Waals surface area contributed by atoms with E-state index < -0.39 is 6.10 Å². The van der Waals surface area contributed by atoms with Crippen molar-refractivity contribution >= 4 is 0 Å². The molecule has 0 aliphatic heterocycles. The molecule has 20 heavy (non-hydrogen) atoms. The second kappa shape index (κ2) is 6.96. The molecule has 3 nitrogen and oxygen atoms in total. The van der Waals surface area contributed by atoms with E-state index in [2.05, 4.69) is 12.1 Å². The molecule has 0 aliphatic rings. The topological polar surface area (TPSA) is 38.7 Å². The molecule has 0 spiro atoms. The monoisotopic (exact) mass is 272 g/mol. The largest absolute Gasteiger partial charge is 0.493 e. The molecule has 0 saturated carbocycles. The Bertz CT molecular complexity index is 535. The van der Waals surface area contributed by atoms with Crippen molar-refractivity contribution < 1.29 is 14.6 Å². The molecule has 0 aromatic heterocycles. The van der Waals surface area contributed by atoms with Crippen molar-refractivity contribution in [3.8, 4) is 11.5 Å². The first-order chi connectivity index (χ1) is 9.70. The summed E-state index contributed by atoms with van der Waals surface area (Å²) in [7, 11) is 1.60. The Balaban J connectivity index is 1.99. The molecule has 0 bridgehead atoms. The minimum absolute atomic E-state index is 0.512. The lowest BCUT2D eigenvalue weighted by molar-refractivity contribution is 0.198. The van der Waals surface area contributed by atoms with Gasteiger partial charge in [0.1, 0.15) is 0 Å². The summed E-state index contributed by atoms with van der Waals surface area (Å²) in [5, 5.41) is 9.56. The van der Waals surface area contributed by atoms with Crippen molar-refractivity contribution in [2.24, 2.45) is 0 Å². The third-order valence-electron chi connectivity index (χ3n) is 3.16. The maximum absolute atomic E-state index is 9.56. The van der Waals surface area contributed by atoms with Crippen molar-refractivity contribution in [3.63, 3.8) is 0 Å². The summed E-state index contributed by atoms with van der Waals surface area (Å²) in [6, 6.07) is 15.7. The predicted molar refractivity (Wildman–Crippen MR) is 79.3 cm³/mol. The first-order valence-electron chi connectivity index (χ1n) is 6.73. The van der Waals surface area contributed by atoms with Crippen molar-refractivity contribution in [1.29, 1.82) is 0 Å². The summed E-state index contributed by atoms with van der Waals surface area (Å²) >= 11 is 0. The maximum Gasteiger partial charge on any atom is 0.161 e. The lowest BCUT2D eigenvalue weighted by atomic mass is 10.1. The molecule has 2 aromatic carbocycles. The number of aliphatic hydroxyl groups is 1. The van der Waals surface area contributed by atoms with Gasteiger partial charge in [-0.25, -0.2) is 0 Å². The molecular weight excluding hydrogens is 252 g/mol. The van der Waals surface area contributed by atoms with E-state index in [1.54, 1.807) is 14.0 Å². The van der Waals surface area contributed by atoms with Crippen LogP contribution in [0.3, 0.4) is 0 Å². The van der Waals surface area contributed by atoms with E-state index in [0.717, 1.165) is 12.0 Å². The number of hydrogen-bond donors (Lipinski definition) is 1. The average molecular weight is 272 g/mol. The number of methoxy groups -OCH3 is 1. The molecule has 0 heterocycles. The van der Waals surface area contributed by atoms with Crippen LogP contribution in [0.4, 0.5) is 0 Å². The van der Waals surface area contributed by atoms with Crippen LogP contribution in [0.5, 0.6) is 11.5 Å². The minimum atomic E-state index is -0.512. The summed E-state index contributed by atoms with van der Waals surface area (Å²) in [4.78, 5) is 0. The highest BCUT2D eigenvalue weighted by Gasteiger charge is 2.08. The van der Waals surface area contributed by atoms with E-state index in [1.807, 2.05) is 36.4 Å². The highest BCUT2D eigenvalue weighted by Crippen LogP contribution is 2.30. The number of aliphatic hydroxyl groups excluding tert-OH is 1. The van der Waals surface area contributed by atoms with Crippen molar-refractivity contribution in [2.45, 2.75) is 19.4 Å². The molecule has 1 N–H and O–H groups in total. The summed E-state index contributed by atoms with van der Waals surface area (Å²) in [6.45, 7) is 2.32. The first kappa shape index (κ1) is 14.4. The Kier molecular flexibility index (Phi) is 5.02. The molecule has 1 atom stereocenters. The fourth-order valence-corrected chi connectivity index (χ4v) is 1.99. The van der Waals surface area contributed by atoms with E-state index in [9.17, 15) is 5.11 Å². The predicted octanol–water partition coefficient (Wildman–Crippen LogP) is 3.37. The standard InChI is InChI=1S/C17H20O3/c1-13(18)15-8-9-16(17(12-15)19-2)20-11-10-14-6-4-3-5-7-14/h3-9,12-13,18H,10-11H2,1-2H3. The zero-order valence-corrected chi connectivity index (χ0v) is 11.9. The van der Waals surface area contributed by atoms with Crippen molar-refractivity contribution in [3.05, 3.63) is 59.7 Å². The van der Waals surface area contributed by atoms with Gasteiger partial charge in [0.2, 0.25) is 0 Å². The van der Waals surface area contributed by atoms with Gasteiger partial charge in [-0.1, -0.05) is 36.4 Å². The third-order valence-corrected chi connectivity index (χ3v) is 3.16. The van der Waals surface area contributed by atoms with Crippen LogP contribution in [-0.4, -0.2) is 18.8 Å². The Hall–Kier alpha value is -2.00. The smallest absolute Gasteiger partial charge is 0.161 e. The SMILES string of the molecule is COc1cc(C(C)O)ccc1OCCc1ccccc1. The Labute approximate surface area is 119 Å². The fourth-order valence-electron chi connectivity index (χ4n) is 1.99. The number of benzene rings is 2. The van der Waals surface area contributed by atoms with Gasteiger partial charge >= 0.3 is 0 Å². The average Bonchev–Trinajstić information content (AvgIpc) is 2.48. The summed E-state index contributed by atoms with van der Waals surface area (Å²) in [6.07, 6.45) is 0.338. The lowest BCUT2D eigenvalue weighted by Crippen LogP contribution is -2.03. The molecule has 2 aromatic rings. The molecule has 0 aliphatic carbocycles. The minimum Gasteiger partial charge on any atom is -0.493 e. The second-order valence-corrected chi connectivity index (χ2v) is 4.67. The van der Waals surface area contributed by atoms with Crippen LogP contribution in [0, 0.1) is 0 Å². The van der Waals surface area contributed by atoms with Crippen LogP contribution in [0.2, 0.25) is 0 Å². The Morgan fingerprint density at radius 1 is 1.05 bits per heavy atom. The van der Waals surface area contributed by atoms with Crippen molar-refractivity contribution in [2.75, 3.05) is 13.7 Å². The lowest BCUT2D eigenvalue weighted by Gasteiger charge is -2.13. The fraction of sp³-hybridized carbons (Fsp3) is 0.294. The van der Waals surface area contributed by atoms with E-state index >= 15 is 0 Å². The maximum atomic E-state index is 9.56. The second-order valence-electron chi connectivity index (χ2n) is 4.67. The van der Waals surface area contributed by atoms with Gasteiger partial charge in [0, 0.05) is 6.42 Å². The number of hydrogen-bond acceptors (Lipinski definition) is 3. The van der Waals surface area contributed by atoms with Gasteiger partial charge in [-0.2, -0.15) is 0 Å². The van der Waals surface area contributed by atoms with E-state index in [4.69, 9.17) is 9.47 Å². The van der Waals surface area contributed by atoms with Gasteiger partial charge in [-0.3, -0.25) is 0 Å². The molecular formula is C17H20O3. The molecule has 3 heteroatoms. The van der Waals surface area contributed by atoms with E-state index in [0.29, 0.717) is 18.1 Å². The van der Waals surface area contributed by atoms with Gasteiger partial charge in [0.25, 0.3) is 0 Å². The van der Waals surface area contributed by atoms with E-state index in [-0.39, 0.29) is 0 Å². The van der Waals surface area contributed by atoms with Crippen molar-refractivity contribution in [1.82, 2.24) is 0 Å². The summed E-state index contributed by atoms with van der Waals surface area (Å²) < 4.78 is 11.1. The zero-order chi connectivity index (χ0) is 14.4. The van der Waals surface area contributed by atoms with Crippen LogP contribution in [0.15, 0.2) is 48.5 Å². The molecule has 0 fully saturated rings. The normalized spacial score (nSPS) is 11.9. The Morgan fingerprint density at radius 3 is 2.45 bits per heavy atom. The van der Waals surface area contributed by atoms with E-state index in [1.165, 1.54) is 5.56 Å². The van der Waals surface area contributed by atoms with Crippen LogP contribution in [0.25, 0.3) is 0 Å². The van der Waals surface area contributed by atoms with Gasteiger partial charge < -0.3 is 14.6 Å². The van der Waals surface area contributed by atoms with Gasteiger partial charge in [0.05, 0.1) is 19.8 Å². The molecule has 0 amide bonds. The molecule has 0 saturated heterocycles. The van der Waals surface area contributed by atoms with Gasteiger partial charge in [0.15, 0.2) is 11.5 Å². The Morgan fingerprint density at radius 2 is 1.80 bits per heavy atom. The summed E-state index contributed by atoms with van der Waals surface area (Å²) in [5.74, 6) is 1.35. The highest BCUT2D eigenvalue weighted by molar-refractivity contribution is 5.43. The van der Waals surface area contributed by atoms with Crippen LogP contribution in [-0.2, 0) is 6.42 Å². The number of ether oxygens (including phenoxy) is 2. The van der Waals surface area contributed by atoms with Gasteiger partial charge in [-0.15, -0.1) is 0 Å². The van der Waals surface area contributed by atoms with Crippen LogP contribution < -0.4 is 9.47 Å². The zero-order valence-electron chi connectivity index (χ0n) is 11.9. The first-order valence-corrected chi connectivity index (χ1v) is 6.73.